The van der Waals surface area contributed by atoms with E-state index in [1.54, 1.807) is 30.5 Å². The molecule has 5 heteroatoms. The van der Waals surface area contributed by atoms with Gasteiger partial charge in [0.25, 0.3) is 0 Å². The molecule has 1 N–H and O–H groups in total. The van der Waals surface area contributed by atoms with Crippen LogP contribution in [0.15, 0.2) is 79.0 Å². The summed E-state index contributed by atoms with van der Waals surface area (Å²) in [4.78, 5) is 16.8. The van der Waals surface area contributed by atoms with Gasteiger partial charge in [-0.3, -0.25) is 9.78 Å². The number of amides is 1. The van der Waals surface area contributed by atoms with Crippen molar-refractivity contribution < 1.29 is 4.79 Å². The largest absolute Gasteiger partial charge is 0.340 e. The van der Waals surface area contributed by atoms with E-state index in [0.29, 0.717) is 10.0 Å². The molecule has 1 atom stereocenters. The molecule has 3 aromatic rings. The van der Waals surface area contributed by atoms with Gasteiger partial charge >= 0.3 is 0 Å². The van der Waals surface area contributed by atoms with Crippen LogP contribution >= 0.6 is 23.2 Å². The summed E-state index contributed by atoms with van der Waals surface area (Å²) in [6, 6.07) is 20.1. The number of halogens is 2. The van der Waals surface area contributed by atoms with Crippen molar-refractivity contribution in [3.8, 4) is 0 Å². The molecule has 2 aromatic carbocycles. The molecule has 130 valence electrons. The fourth-order valence-electron chi connectivity index (χ4n) is 2.51. The molecule has 0 bridgehead atoms. The summed E-state index contributed by atoms with van der Waals surface area (Å²) in [6.07, 6.45) is 4.82. The monoisotopic (exact) mass is 382 g/mol. The van der Waals surface area contributed by atoms with E-state index in [0.717, 1.165) is 16.8 Å². The molecular weight excluding hydrogens is 367 g/mol. The second-order valence-electron chi connectivity index (χ2n) is 5.61. The van der Waals surface area contributed by atoms with Gasteiger partial charge in [-0.05, 0) is 41.5 Å². The van der Waals surface area contributed by atoms with Crippen LogP contribution in [0.2, 0.25) is 10.0 Å². The van der Waals surface area contributed by atoms with E-state index in [1.807, 2.05) is 48.5 Å². The van der Waals surface area contributed by atoms with Gasteiger partial charge in [-0.1, -0.05) is 65.7 Å². The van der Waals surface area contributed by atoms with Crippen molar-refractivity contribution in [2.45, 2.75) is 6.04 Å². The van der Waals surface area contributed by atoms with Crippen LogP contribution < -0.4 is 5.32 Å². The van der Waals surface area contributed by atoms with Gasteiger partial charge in [0.15, 0.2) is 0 Å². The van der Waals surface area contributed by atoms with E-state index in [-0.39, 0.29) is 11.9 Å². The van der Waals surface area contributed by atoms with E-state index in [4.69, 9.17) is 23.2 Å². The Bertz CT molecular complexity index is 872. The van der Waals surface area contributed by atoms with Crippen LogP contribution in [0.4, 0.5) is 0 Å². The van der Waals surface area contributed by atoms with Crippen molar-refractivity contribution in [1.29, 1.82) is 0 Å². The summed E-state index contributed by atoms with van der Waals surface area (Å²) in [7, 11) is 0. The van der Waals surface area contributed by atoms with Crippen LogP contribution in [0.1, 0.15) is 22.9 Å². The third-order valence-corrected chi connectivity index (χ3v) is 4.34. The average Bonchev–Trinajstić information content (AvgIpc) is 2.67. The van der Waals surface area contributed by atoms with Crippen LogP contribution in [0.3, 0.4) is 0 Å². The lowest BCUT2D eigenvalue weighted by atomic mass is 10.0. The van der Waals surface area contributed by atoms with Crippen molar-refractivity contribution in [3.05, 3.63) is 106 Å². The molecule has 3 rings (SSSR count). The third kappa shape index (κ3) is 4.72. The van der Waals surface area contributed by atoms with E-state index in [9.17, 15) is 4.79 Å². The highest BCUT2D eigenvalue weighted by molar-refractivity contribution is 6.35. The fraction of sp³-hybridized carbons (Fsp3) is 0.0476. The van der Waals surface area contributed by atoms with E-state index in [2.05, 4.69) is 10.3 Å². The first-order valence-electron chi connectivity index (χ1n) is 8.03. The average molecular weight is 383 g/mol. The number of benzene rings is 2. The van der Waals surface area contributed by atoms with Gasteiger partial charge in [0.2, 0.25) is 5.91 Å². The molecule has 0 aliphatic carbocycles. The Labute approximate surface area is 162 Å². The number of rotatable bonds is 5. The van der Waals surface area contributed by atoms with Gasteiger partial charge in [0, 0.05) is 22.3 Å². The highest BCUT2D eigenvalue weighted by atomic mass is 35.5. The molecule has 0 aliphatic rings. The Hall–Kier alpha value is -2.62. The summed E-state index contributed by atoms with van der Waals surface area (Å²) in [5, 5.41) is 4.04. The van der Waals surface area contributed by atoms with Crippen LogP contribution in [0.5, 0.6) is 0 Å². The van der Waals surface area contributed by atoms with Crippen molar-refractivity contribution in [1.82, 2.24) is 10.3 Å². The van der Waals surface area contributed by atoms with Gasteiger partial charge in [0.1, 0.15) is 0 Å². The van der Waals surface area contributed by atoms with Gasteiger partial charge in [-0.15, -0.1) is 0 Å². The standard InChI is InChI=1S/C21H16Cl2N2O/c22-17-11-9-15(18(23)14-17)10-12-20(26)25-21(16-6-2-1-3-7-16)19-8-4-5-13-24-19/h1-14,21H,(H,25,26)/b12-10+. The van der Waals surface area contributed by atoms with Crippen LogP contribution in [-0.4, -0.2) is 10.9 Å². The number of carbonyl (C=O) groups excluding carboxylic acids is 1. The zero-order chi connectivity index (χ0) is 18.4. The summed E-state index contributed by atoms with van der Waals surface area (Å²) in [6.45, 7) is 0. The van der Waals surface area contributed by atoms with E-state index < -0.39 is 0 Å². The molecule has 0 fully saturated rings. The predicted molar refractivity (Wildman–Crippen MR) is 106 cm³/mol. The third-order valence-electron chi connectivity index (χ3n) is 3.78. The van der Waals surface area contributed by atoms with Crippen LogP contribution in [0.25, 0.3) is 6.08 Å². The molecule has 0 saturated heterocycles. The zero-order valence-electron chi connectivity index (χ0n) is 13.8. The summed E-state index contributed by atoms with van der Waals surface area (Å²) in [5.41, 5.74) is 2.45. The lowest BCUT2D eigenvalue weighted by molar-refractivity contribution is -0.116. The maximum atomic E-state index is 12.5. The molecule has 0 radical (unpaired) electrons. The molecule has 3 nitrogen and oxygen atoms in total. The summed E-state index contributed by atoms with van der Waals surface area (Å²) < 4.78 is 0. The predicted octanol–water partition coefficient (Wildman–Crippen LogP) is 5.31. The van der Waals surface area contributed by atoms with Crippen molar-refractivity contribution in [2.24, 2.45) is 0 Å². The first-order valence-corrected chi connectivity index (χ1v) is 8.78. The molecule has 1 aromatic heterocycles. The summed E-state index contributed by atoms with van der Waals surface area (Å²) in [5.74, 6) is -0.240. The SMILES string of the molecule is O=C(/C=C/c1ccc(Cl)cc1Cl)NC(c1ccccc1)c1ccccn1. The van der Waals surface area contributed by atoms with Gasteiger partial charge < -0.3 is 5.32 Å². The number of nitrogens with zero attached hydrogens (tertiary/aromatic N) is 1. The molecule has 1 heterocycles. The lowest BCUT2D eigenvalue weighted by Gasteiger charge is -2.18. The number of hydrogen-bond acceptors (Lipinski definition) is 2. The molecule has 1 unspecified atom stereocenters. The Kier molecular flexibility index (Phi) is 6.05. The molecule has 26 heavy (non-hydrogen) atoms. The smallest absolute Gasteiger partial charge is 0.244 e. The number of pyridine rings is 1. The minimum atomic E-state index is -0.338. The minimum Gasteiger partial charge on any atom is -0.340 e. The maximum Gasteiger partial charge on any atom is 0.244 e. The second kappa shape index (κ2) is 8.65. The fourth-order valence-corrected chi connectivity index (χ4v) is 2.98. The van der Waals surface area contributed by atoms with Crippen molar-refractivity contribution >= 4 is 35.2 Å². The lowest BCUT2D eigenvalue weighted by Crippen LogP contribution is -2.28. The minimum absolute atomic E-state index is 0.240. The van der Waals surface area contributed by atoms with Crippen molar-refractivity contribution in [2.75, 3.05) is 0 Å². The Balaban J connectivity index is 1.80. The highest BCUT2D eigenvalue weighted by Crippen LogP contribution is 2.23. The Morgan fingerprint density at radius 2 is 1.77 bits per heavy atom. The first kappa shape index (κ1) is 18.2. The highest BCUT2D eigenvalue weighted by Gasteiger charge is 2.16. The Morgan fingerprint density at radius 1 is 1.00 bits per heavy atom. The van der Waals surface area contributed by atoms with Gasteiger partial charge in [0.05, 0.1) is 11.7 Å². The molecule has 0 spiro atoms. The maximum absolute atomic E-state index is 12.5. The van der Waals surface area contributed by atoms with Crippen LogP contribution in [-0.2, 0) is 4.79 Å². The quantitative estimate of drug-likeness (QED) is 0.607. The number of aromatic nitrogens is 1. The number of carbonyl (C=O) groups is 1. The normalized spacial score (nSPS) is 12.1. The van der Waals surface area contributed by atoms with Gasteiger partial charge in [-0.2, -0.15) is 0 Å². The zero-order valence-corrected chi connectivity index (χ0v) is 15.3. The van der Waals surface area contributed by atoms with E-state index in [1.165, 1.54) is 6.08 Å². The number of nitrogens with one attached hydrogen (secondary N) is 1. The molecule has 1 amide bonds. The summed E-state index contributed by atoms with van der Waals surface area (Å²) >= 11 is 12.0. The van der Waals surface area contributed by atoms with Crippen molar-refractivity contribution in [3.63, 3.8) is 0 Å². The molecular formula is C21H16Cl2N2O. The van der Waals surface area contributed by atoms with Crippen LogP contribution in [0, 0.1) is 0 Å². The van der Waals surface area contributed by atoms with Gasteiger partial charge in [-0.25, -0.2) is 0 Å². The molecule has 0 aliphatic heterocycles. The topological polar surface area (TPSA) is 42.0 Å². The second-order valence-corrected chi connectivity index (χ2v) is 6.45. The molecule has 0 saturated carbocycles. The Morgan fingerprint density at radius 3 is 2.46 bits per heavy atom. The number of hydrogen-bond donors (Lipinski definition) is 1. The van der Waals surface area contributed by atoms with E-state index >= 15 is 0 Å². The first-order chi connectivity index (χ1) is 12.6.